The summed E-state index contributed by atoms with van der Waals surface area (Å²) in [6.45, 7) is 13.6. The van der Waals surface area contributed by atoms with Crippen LogP contribution in [0, 0.1) is 13.8 Å². The van der Waals surface area contributed by atoms with E-state index >= 15 is 0 Å². The lowest BCUT2D eigenvalue weighted by atomic mass is 9.78. The van der Waals surface area contributed by atoms with Crippen molar-refractivity contribution in [3.63, 3.8) is 0 Å². The van der Waals surface area contributed by atoms with Crippen molar-refractivity contribution in [2.45, 2.75) is 59.8 Å². The highest BCUT2D eigenvalue weighted by Crippen LogP contribution is 2.31. The second kappa shape index (κ2) is 4.38. The fraction of sp³-hybridized carbons (Fsp3) is 0.600. The molecule has 0 N–H and O–H groups in total. The smallest absolute Gasteiger partial charge is 0.0103 e. The molecule has 0 radical (unpaired) electrons. The molecule has 0 heteroatoms. The minimum Gasteiger partial charge on any atom is -0.0646 e. The third-order valence-corrected chi connectivity index (χ3v) is 3.71. The van der Waals surface area contributed by atoms with Crippen LogP contribution in [0.1, 0.15) is 56.4 Å². The minimum absolute atomic E-state index is 0.309. The molecule has 15 heavy (non-hydrogen) atoms. The van der Waals surface area contributed by atoms with Crippen LogP contribution in [-0.4, -0.2) is 0 Å². The van der Waals surface area contributed by atoms with Crippen molar-refractivity contribution in [3.05, 3.63) is 34.4 Å². The van der Waals surface area contributed by atoms with E-state index in [1.165, 1.54) is 28.7 Å². The zero-order valence-corrected chi connectivity index (χ0v) is 11.1. The van der Waals surface area contributed by atoms with Gasteiger partial charge in [-0.25, -0.2) is 0 Å². The van der Waals surface area contributed by atoms with Crippen LogP contribution in [0.4, 0.5) is 0 Å². The maximum atomic E-state index is 2.39. The number of hydrogen-bond donors (Lipinski definition) is 0. The Morgan fingerprint density at radius 3 is 2.00 bits per heavy atom. The van der Waals surface area contributed by atoms with E-state index in [2.05, 4.69) is 53.7 Å². The van der Waals surface area contributed by atoms with Crippen LogP contribution < -0.4 is 0 Å². The Labute approximate surface area is 94.7 Å². The van der Waals surface area contributed by atoms with Crippen LogP contribution in [0.15, 0.2) is 12.1 Å². The van der Waals surface area contributed by atoms with E-state index in [0.717, 1.165) is 6.42 Å². The van der Waals surface area contributed by atoms with E-state index in [1.807, 2.05) is 0 Å². The van der Waals surface area contributed by atoms with Crippen molar-refractivity contribution in [3.8, 4) is 0 Å². The van der Waals surface area contributed by atoms with E-state index < -0.39 is 0 Å². The summed E-state index contributed by atoms with van der Waals surface area (Å²) in [5.74, 6) is 0. The predicted molar refractivity (Wildman–Crippen MR) is 68.6 cm³/mol. The highest BCUT2D eigenvalue weighted by Gasteiger charge is 2.21. The Morgan fingerprint density at radius 1 is 1.00 bits per heavy atom. The van der Waals surface area contributed by atoms with Gasteiger partial charge < -0.3 is 0 Å². The Kier molecular flexibility index (Phi) is 3.59. The average molecular weight is 204 g/mol. The monoisotopic (exact) mass is 204 g/mol. The van der Waals surface area contributed by atoms with Crippen molar-refractivity contribution in [2.75, 3.05) is 0 Å². The molecule has 0 amide bonds. The van der Waals surface area contributed by atoms with Gasteiger partial charge in [0.05, 0.1) is 0 Å². The topological polar surface area (TPSA) is 0 Å². The predicted octanol–water partition coefficient (Wildman–Crippen LogP) is 4.55. The second-order valence-corrected chi connectivity index (χ2v) is 5.18. The lowest BCUT2D eigenvalue weighted by Gasteiger charge is -2.27. The second-order valence-electron chi connectivity index (χ2n) is 5.18. The summed E-state index contributed by atoms with van der Waals surface area (Å²) >= 11 is 0. The summed E-state index contributed by atoms with van der Waals surface area (Å²) in [6.07, 6.45) is 2.34. The molecule has 0 nitrogen and oxygen atoms in total. The molecule has 1 aromatic carbocycles. The summed E-state index contributed by atoms with van der Waals surface area (Å²) in [4.78, 5) is 0. The summed E-state index contributed by atoms with van der Waals surface area (Å²) in [5, 5.41) is 0. The van der Waals surface area contributed by atoms with Crippen molar-refractivity contribution in [1.29, 1.82) is 0 Å². The van der Waals surface area contributed by atoms with Crippen molar-refractivity contribution >= 4 is 0 Å². The van der Waals surface area contributed by atoms with Gasteiger partial charge in [0.15, 0.2) is 0 Å². The molecule has 0 aliphatic heterocycles. The van der Waals surface area contributed by atoms with E-state index in [9.17, 15) is 0 Å². The Bertz CT molecular complexity index is 345. The van der Waals surface area contributed by atoms with Crippen molar-refractivity contribution in [2.24, 2.45) is 0 Å². The fourth-order valence-corrected chi connectivity index (χ4v) is 1.99. The van der Waals surface area contributed by atoms with Gasteiger partial charge in [-0.3, -0.25) is 0 Å². The zero-order chi connectivity index (χ0) is 11.6. The van der Waals surface area contributed by atoms with Crippen LogP contribution in [0.25, 0.3) is 0 Å². The van der Waals surface area contributed by atoms with E-state index in [-0.39, 0.29) is 0 Å². The summed E-state index contributed by atoms with van der Waals surface area (Å²) in [6, 6.07) is 4.75. The molecule has 0 aliphatic carbocycles. The molecule has 0 spiro atoms. The Balaban J connectivity index is 3.34. The highest BCUT2D eigenvalue weighted by atomic mass is 14.3. The molecule has 0 unspecified atom stereocenters. The molecule has 0 heterocycles. The maximum Gasteiger partial charge on any atom is -0.0103 e. The van der Waals surface area contributed by atoms with Gasteiger partial charge >= 0.3 is 0 Å². The van der Waals surface area contributed by atoms with Gasteiger partial charge in [0.2, 0.25) is 0 Å². The molecule has 0 aliphatic rings. The zero-order valence-electron chi connectivity index (χ0n) is 11.1. The molecular weight excluding hydrogens is 180 g/mol. The molecular formula is C15H24. The largest absolute Gasteiger partial charge is 0.0646 e. The first-order valence-electron chi connectivity index (χ1n) is 6.03. The lowest BCUT2D eigenvalue weighted by Crippen LogP contribution is -2.18. The molecule has 0 fully saturated rings. The summed E-state index contributed by atoms with van der Waals surface area (Å²) in [7, 11) is 0. The molecule has 0 bridgehead atoms. The van der Waals surface area contributed by atoms with Crippen molar-refractivity contribution in [1.82, 2.24) is 0 Å². The molecule has 0 aromatic heterocycles. The Morgan fingerprint density at radius 2 is 1.53 bits per heavy atom. The number of rotatable bonds is 3. The van der Waals surface area contributed by atoms with Gasteiger partial charge in [-0.2, -0.15) is 0 Å². The first-order chi connectivity index (χ1) is 6.92. The van der Waals surface area contributed by atoms with Gasteiger partial charge in [0, 0.05) is 0 Å². The van der Waals surface area contributed by atoms with Crippen LogP contribution in [-0.2, 0) is 11.8 Å². The summed E-state index contributed by atoms with van der Waals surface area (Å²) in [5.41, 5.74) is 6.20. The average Bonchev–Trinajstić information content (AvgIpc) is 2.21. The van der Waals surface area contributed by atoms with Crippen molar-refractivity contribution < 1.29 is 0 Å². The van der Waals surface area contributed by atoms with E-state index in [4.69, 9.17) is 0 Å². The lowest BCUT2D eigenvalue weighted by molar-refractivity contribution is 0.501. The maximum absolute atomic E-state index is 2.39. The quantitative estimate of drug-likeness (QED) is 0.677. The van der Waals surface area contributed by atoms with E-state index in [0.29, 0.717) is 5.41 Å². The molecule has 0 saturated heterocycles. The molecule has 1 aromatic rings. The summed E-state index contributed by atoms with van der Waals surface area (Å²) < 4.78 is 0. The third-order valence-electron chi connectivity index (χ3n) is 3.71. The van der Waals surface area contributed by atoms with Gasteiger partial charge in [0.25, 0.3) is 0 Å². The number of hydrogen-bond acceptors (Lipinski definition) is 0. The third kappa shape index (κ3) is 2.42. The Hall–Kier alpha value is -0.780. The fourth-order valence-electron chi connectivity index (χ4n) is 1.99. The van der Waals surface area contributed by atoms with Crippen LogP contribution in [0.2, 0.25) is 0 Å². The van der Waals surface area contributed by atoms with Crippen LogP contribution in [0.3, 0.4) is 0 Å². The molecule has 1 rings (SSSR count). The molecule has 0 atom stereocenters. The van der Waals surface area contributed by atoms with Gasteiger partial charge in [-0.05, 0) is 54.4 Å². The number of aryl methyl sites for hydroxylation is 3. The van der Waals surface area contributed by atoms with Crippen LogP contribution in [0.5, 0.6) is 0 Å². The first kappa shape index (κ1) is 12.3. The molecule has 0 saturated carbocycles. The SMILES string of the molecule is CCc1cc(C)c(C)cc1C(C)(C)CC. The number of benzene rings is 1. The highest BCUT2D eigenvalue weighted by molar-refractivity contribution is 5.41. The van der Waals surface area contributed by atoms with Gasteiger partial charge in [-0.15, -0.1) is 0 Å². The standard InChI is InChI=1S/C15H24/c1-7-13-9-11(3)12(4)10-14(13)15(5,6)8-2/h9-10H,7-8H2,1-6H3. The first-order valence-corrected chi connectivity index (χ1v) is 6.03. The minimum atomic E-state index is 0.309. The normalized spacial score (nSPS) is 11.9. The van der Waals surface area contributed by atoms with Gasteiger partial charge in [0.1, 0.15) is 0 Å². The van der Waals surface area contributed by atoms with E-state index in [1.54, 1.807) is 0 Å². The van der Waals surface area contributed by atoms with Gasteiger partial charge in [-0.1, -0.05) is 39.8 Å². The van der Waals surface area contributed by atoms with Crippen LogP contribution >= 0.6 is 0 Å². The molecule has 84 valence electrons.